The van der Waals surface area contributed by atoms with Gasteiger partial charge in [-0.25, -0.2) is 13.1 Å². The van der Waals surface area contributed by atoms with Crippen LogP contribution in [0.25, 0.3) is 0 Å². The van der Waals surface area contributed by atoms with Crippen molar-refractivity contribution in [3.8, 4) is 0 Å². The van der Waals surface area contributed by atoms with E-state index in [4.69, 9.17) is 0 Å². The van der Waals surface area contributed by atoms with E-state index in [9.17, 15) is 18.3 Å². The number of carbonyl (C=O) groups excluding carboxylic acids is 1. The van der Waals surface area contributed by atoms with Crippen LogP contribution in [-0.4, -0.2) is 19.9 Å². The highest BCUT2D eigenvalue weighted by molar-refractivity contribution is 7.89. The molecule has 1 aromatic rings. The summed E-state index contributed by atoms with van der Waals surface area (Å²) in [6, 6.07) is 5.05. The highest BCUT2D eigenvalue weighted by Crippen LogP contribution is 2.14. The fraction of sp³-hybridized carbons (Fsp3) is 0.364. The highest BCUT2D eigenvalue weighted by atomic mass is 32.2. The number of carboxylic acids is 1. The Bertz CT molecular complexity index is 529. The van der Waals surface area contributed by atoms with Crippen molar-refractivity contribution in [2.75, 3.05) is 0 Å². The van der Waals surface area contributed by atoms with E-state index in [0.717, 1.165) is 6.07 Å². The van der Waals surface area contributed by atoms with E-state index < -0.39 is 21.5 Å². The Hall–Kier alpha value is -1.40. The molecule has 0 saturated heterocycles. The van der Waals surface area contributed by atoms with Gasteiger partial charge in [0.15, 0.2) is 0 Å². The molecule has 0 aliphatic rings. The van der Waals surface area contributed by atoms with Crippen molar-refractivity contribution < 1.29 is 18.3 Å². The number of benzene rings is 1. The van der Waals surface area contributed by atoms with Crippen LogP contribution in [0.2, 0.25) is 0 Å². The first-order valence-corrected chi connectivity index (χ1v) is 6.45. The summed E-state index contributed by atoms with van der Waals surface area (Å²) in [6.45, 7) is 5.10. The van der Waals surface area contributed by atoms with E-state index >= 15 is 0 Å². The topological polar surface area (TPSA) is 86.3 Å². The van der Waals surface area contributed by atoms with Crippen LogP contribution in [0.1, 0.15) is 31.1 Å². The van der Waals surface area contributed by atoms with Crippen molar-refractivity contribution in [2.24, 2.45) is 0 Å². The normalized spacial score (nSPS) is 12.4. The molecule has 0 atom stereocenters. The Morgan fingerprint density at radius 2 is 1.88 bits per heavy atom. The van der Waals surface area contributed by atoms with E-state index in [1.54, 1.807) is 20.8 Å². The van der Waals surface area contributed by atoms with Gasteiger partial charge in [-0.15, -0.1) is 0 Å². The van der Waals surface area contributed by atoms with Gasteiger partial charge in [0.05, 0.1) is 10.9 Å². The largest absolute Gasteiger partial charge is 0.545 e. The van der Waals surface area contributed by atoms with Gasteiger partial charge in [-0.05, 0) is 38.5 Å². The third-order valence-electron chi connectivity index (χ3n) is 1.82. The maximum Gasteiger partial charge on any atom is 0.241 e. The van der Waals surface area contributed by atoms with E-state index in [-0.39, 0.29) is 10.5 Å². The predicted molar refractivity (Wildman–Crippen MR) is 60.8 cm³/mol. The van der Waals surface area contributed by atoms with Gasteiger partial charge in [-0.3, -0.25) is 0 Å². The molecule has 94 valence electrons. The van der Waals surface area contributed by atoms with Gasteiger partial charge >= 0.3 is 0 Å². The molecule has 0 heterocycles. The zero-order chi connectivity index (χ0) is 13.3. The van der Waals surface area contributed by atoms with Gasteiger partial charge in [0.1, 0.15) is 0 Å². The van der Waals surface area contributed by atoms with Gasteiger partial charge in [0.2, 0.25) is 10.0 Å². The highest BCUT2D eigenvalue weighted by Gasteiger charge is 2.21. The quantitative estimate of drug-likeness (QED) is 0.832. The number of carboxylic acid groups (broad SMARTS) is 1. The van der Waals surface area contributed by atoms with Crippen LogP contribution in [0, 0.1) is 0 Å². The van der Waals surface area contributed by atoms with Crippen LogP contribution < -0.4 is 9.83 Å². The van der Waals surface area contributed by atoms with Crippen LogP contribution >= 0.6 is 0 Å². The van der Waals surface area contributed by atoms with Crippen molar-refractivity contribution in [1.29, 1.82) is 0 Å². The lowest BCUT2D eigenvalue weighted by Crippen LogP contribution is -2.40. The summed E-state index contributed by atoms with van der Waals surface area (Å²) in [5, 5.41) is 10.6. The molecule has 1 aromatic carbocycles. The Morgan fingerprint density at radius 1 is 1.29 bits per heavy atom. The number of rotatable bonds is 3. The minimum absolute atomic E-state index is 0.0888. The molecule has 0 unspecified atom stereocenters. The number of sulfonamides is 1. The summed E-state index contributed by atoms with van der Waals surface area (Å²) in [4.78, 5) is 10.6. The average molecular weight is 256 g/mol. The van der Waals surface area contributed by atoms with Crippen LogP contribution in [0.5, 0.6) is 0 Å². The Labute approximate surface area is 101 Å². The standard InChI is InChI=1S/C11H15NO4S/c1-11(2,3)12-17(15,16)9-6-4-5-8(7-9)10(13)14/h4-7,12H,1-3H3,(H,13,14)/p-1. The van der Waals surface area contributed by atoms with Crippen molar-refractivity contribution in [1.82, 2.24) is 4.72 Å². The maximum atomic E-state index is 11.9. The molecule has 0 aromatic heterocycles. The molecule has 1 rings (SSSR count). The zero-order valence-electron chi connectivity index (χ0n) is 9.85. The van der Waals surface area contributed by atoms with Crippen molar-refractivity contribution >= 4 is 16.0 Å². The van der Waals surface area contributed by atoms with Crippen molar-refractivity contribution in [3.05, 3.63) is 29.8 Å². The van der Waals surface area contributed by atoms with E-state index in [2.05, 4.69) is 4.72 Å². The molecule has 6 heteroatoms. The summed E-state index contributed by atoms with van der Waals surface area (Å²) in [7, 11) is -3.72. The lowest BCUT2D eigenvalue weighted by Gasteiger charge is -2.20. The molecule has 0 aliphatic carbocycles. The molecule has 0 bridgehead atoms. The average Bonchev–Trinajstić information content (AvgIpc) is 2.14. The minimum atomic E-state index is -3.72. The molecular weight excluding hydrogens is 242 g/mol. The Balaban J connectivity index is 3.16. The molecule has 0 fully saturated rings. The first-order chi connectivity index (χ1) is 7.62. The minimum Gasteiger partial charge on any atom is -0.545 e. The first kappa shape index (κ1) is 13.7. The Kier molecular flexibility index (Phi) is 3.59. The lowest BCUT2D eigenvalue weighted by atomic mass is 10.1. The lowest BCUT2D eigenvalue weighted by molar-refractivity contribution is -0.255. The number of hydrogen-bond donors (Lipinski definition) is 1. The van der Waals surface area contributed by atoms with Gasteiger partial charge in [-0.2, -0.15) is 0 Å². The summed E-state index contributed by atoms with van der Waals surface area (Å²) in [5.41, 5.74) is -0.794. The van der Waals surface area contributed by atoms with Crippen molar-refractivity contribution in [2.45, 2.75) is 31.2 Å². The van der Waals surface area contributed by atoms with Crippen molar-refractivity contribution in [3.63, 3.8) is 0 Å². The molecule has 0 aliphatic heterocycles. The second kappa shape index (κ2) is 4.46. The van der Waals surface area contributed by atoms with E-state index in [0.29, 0.717) is 0 Å². The van der Waals surface area contributed by atoms with Gasteiger partial charge in [0.25, 0.3) is 0 Å². The molecule has 17 heavy (non-hydrogen) atoms. The van der Waals surface area contributed by atoms with Crippen LogP contribution in [-0.2, 0) is 10.0 Å². The number of nitrogens with one attached hydrogen (secondary N) is 1. The van der Waals surface area contributed by atoms with Crippen LogP contribution in [0.15, 0.2) is 29.2 Å². The molecule has 5 nitrogen and oxygen atoms in total. The number of carbonyl (C=O) groups is 1. The van der Waals surface area contributed by atoms with Gasteiger partial charge in [0, 0.05) is 5.54 Å². The zero-order valence-corrected chi connectivity index (χ0v) is 10.7. The number of hydrogen-bond acceptors (Lipinski definition) is 4. The molecule has 0 spiro atoms. The Morgan fingerprint density at radius 3 is 2.35 bits per heavy atom. The summed E-state index contributed by atoms with van der Waals surface area (Å²) < 4.78 is 26.2. The first-order valence-electron chi connectivity index (χ1n) is 4.97. The molecule has 0 amide bonds. The van der Waals surface area contributed by atoms with Gasteiger partial charge < -0.3 is 9.90 Å². The van der Waals surface area contributed by atoms with E-state index in [1.807, 2.05) is 0 Å². The predicted octanol–water partition coefficient (Wildman–Crippen LogP) is 0.127. The molecule has 0 saturated carbocycles. The fourth-order valence-electron chi connectivity index (χ4n) is 1.25. The SMILES string of the molecule is CC(C)(C)NS(=O)(=O)c1cccc(C(=O)[O-])c1. The second-order valence-corrected chi connectivity index (χ2v) is 6.35. The fourth-order valence-corrected chi connectivity index (χ4v) is 2.72. The number of aromatic carboxylic acids is 1. The third kappa shape index (κ3) is 3.83. The van der Waals surface area contributed by atoms with E-state index in [1.165, 1.54) is 18.2 Å². The summed E-state index contributed by atoms with van der Waals surface area (Å²) in [5.74, 6) is -1.40. The molecule has 0 radical (unpaired) electrons. The smallest absolute Gasteiger partial charge is 0.241 e. The molecule has 1 N–H and O–H groups in total. The monoisotopic (exact) mass is 256 g/mol. The molecular formula is C11H14NO4S-. The van der Waals surface area contributed by atoms with Crippen LogP contribution in [0.3, 0.4) is 0 Å². The summed E-state index contributed by atoms with van der Waals surface area (Å²) in [6.07, 6.45) is 0. The second-order valence-electron chi connectivity index (χ2n) is 4.67. The maximum absolute atomic E-state index is 11.9. The van der Waals surface area contributed by atoms with Crippen LogP contribution in [0.4, 0.5) is 0 Å². The summed E-state index contributed by atoms with van der Waals surface area (Å²) >= 11 is 0. The third-order valence-corrected chi connectivity index (χ3v) is 3.58. The van der Waals surface area contributed by atoms with Gasteiger partial charge in [-0.1, -0.05) is 12.1 Å².